The van der Waals surface area contributed by atoms with Crippen LogP contribution in [0.25, 0.3) is 0 Å². The second kappa shape index (κ2) is 7.29. The maximum atomic E-state index is 12.3. The summed E-state index contributed by atoms with van der Waals surface area (Å²) < 4.78 is 10.8. The number of ether oxygens (including phenoxy) is 2. The summed E-state index contributed by atoms with van der Waals surface area (Å²) in [4.78, 5) is 12.3. The van der Waals surface area contributed by atoms with Crippen molar-refractivity contribution in [2.75, 3.05) is 19.0 Å². The Morgan fingerprint density at radius 2 is 1.90 bits per heavy atom. The van der Waals surface area contributed by atoms with E-state index < -0.39 is 5.60 Å². The van der Waals surface area contributed by atoms with Crippen LogP contribution in [0.5, 0.6) is 5.75 Å². The Labute approximate surface area is 121 Å². The van der Waals surface area contributed by atoms with Crippen LogP contribution in [0, 0.1) is 5.92 Å². The second-order valence-corrected chi connectivity index (χ2v) is 5.44. The van der Waals surface area contributed by atoms with Crippen molar-refractivity contribution >= 4 is 11.6 Å². The molecule has 20 heavy (non-hydrogen) atoms. The molecule has 0 saturated heterocycles. The minimum absolute atomic E-state index is 0.127. The topological polar surface area (TPSA) is 47.6 Å². The smallest absolute Gasteiger partial charge is 0.256 e. The van der Waals surface area contributed by atoms with Crippen molar-refractivity contribution in [2.45, 2.75) is 39.7 Å². The largest absolute Gasteiger partial charge is 0.494 e. The number of amides is 1. The molecule has 0 fully saturated rings. The molecule has 1 aromatic carbocycles. The van der Waals surface area contributed by atoms with Gasteiger partial charge in [-0.25, -0.2) is 0 Å². The maximum Gasteiger partial charge on any atom is 0.256 e. The van der Waals surface area contributed by atoms with Crippen LogP contribution in [-0.4, -0.2) is 25.2 Å². The Kier molecular flexibility index (Phi) is 6.02. The van der Waals surface area contributed by atoms with Gasteiger partial charge in [-0.05, 0) is 50.5 Å². The zero-order valence-corrected chi connectivity index (χ0v) is 13.0. The molecule has 1 rings (SSSR count). The van der Waals surface area contributed by atoms with Gasteiger partial charge in [-0.1, -0.05) is 13.8 Å². The number of benzene rings is 1. The number of nitrogens with one attached hydrogen (secondary N) is 1. The SMILES string of the molecule is CCOc1ccc(NC(=O)C(C)(CC(C)C)OC)cc1. The van der Waals surface area contributed by atoms with E-state index in [0.29, 0.717) is 18.9 Å². The molecule has 0 radical (unpaired) electrons. The molecule has 1 aromatic rings. The van der Waals surface area contributed by atoms with E-state index in [1.54, 1.807) is 7.11 Å². The molecule has 0 aliphatic carbocycles. The maximum absolute atomic E-state index is 12.3. The summed E-state index contributed by atoms with van der Waals surface area (Å²) in [6, 6.07) is 7.33. The molecular weight excluding hydrogens is 254 g/mol. The number of carbonyl (C=O) groups excluding carboxylic acids is 1. The van der Waals surface area contributed by atoms with Crippen LogP contribution >= 0.6 is 0 Å². The quantitative estimate of drug-likeness (QED) is 0.831. The van der Waals surface area contributed by atoms with Gasteiger partial charge >= 0.3 is 0 Å². The van der Waals surface area contributed by atoms with Crippen molar-refractivity contribution in [1.29, 1.82) is 0 Å². The summed E-state index contributed by atoms with van der Waals surface area (Å²) in [5, 5.41) is 2.89. The van der Waals surface area contributed by atoms with E-state index in [4.69, 9.17) is 9.47 Å². The van der Waals surface area contributed by atoms with E-state index in [0.717, 1.165) is 11.4 Å². The molecule has 0 aromatic heterocycles. The van der Waals surface area contributed by atoms with Gasteiger partial charge in [0.25, 0.3) is 5.91 Å². The number of hydrogen-bond donors (Lipinski definition) is 1. The Bertz CT molecular complexity index is 428. The van der Waals surface area contributed by atoms with Gasteiger partial charge in [-0.15, -0.1) is 0 Å². The lowest BCUT2D eigenvalue weighted by Crippen LogP contribution is -2.43. The van der Waals surface area contributed by atoms with Crippen molar-refractivity contribution in [1.82, 2.24) is 0 Å². The summed E-state index contributed by atoms with van der Waals surface area (Å²) in [5.41, 5.74) is -0.0716. The van der Waals surface area contributed by atoms with Gasteiger partial charge in [0.1, 0.15) is 11.4 Å². The highest BCUT2D eigenvalue weighted by Gasteiger charge is 2.33. The van der Waals surface area contributed by atoms with Gasteiger partial charge in [-0.2, -0.15) is 0 Å². The Morgan fingerprint density at radius 3 is 2.35 bits per heavy atom. The summed E-state index contributed by atoms with van der Waals surface area (Å²) in [6.45, 7) is 8.52. The van der Waals surface area contributed by atoms with Crippen LogP contribution in [0.1, 0.15) is 34.1 Å². The van der Waals surface area contributed by atoms with E-state index in [9.17, 15) is 4.79 Å². The van der Waals surface area contributed by atoms with Crippen LogP contribution in [0.4, 0.5) is 5.69 Å². The molecule has 0 aliphatic rings. The Morgan fingerprint density at radius 1 is 1.30 bits per heavy atom. The van der Waals surface area contributed by atoms with Crippen molar-refractivity contribution in [3.8, 4) is 5.75 Å². The van der Waals surface area contributed by atoms with Crippen LogP contribution in [0.15, 0.2) is 24.3 Å². The number of hydrogen-bond acceptors (Lipinski definition) is 3. The van der Waals surface area contributed by atoms with Crippen molar-refractivity contribution in [2.24, 2.45) is 5.92 Å². The van der Waals surface area contributed by atoms with Crippen LogP contribution in [-0.2, 0) is 9.53 Å². The molecule has 0 aliphatic heterocycles. The summed E-state index contributed by atoms with van der Waals surface area (Å²) in [6.07, 6.45) is 0.673. The lowest BCUT2D eigenvalue weighted by atomic mass is 9.93. The molecule has 1 unspecified atom stereocenters. The van der Waals surface area contributed by atoms with Crippen molar-refractivity contribution in [3.63, 3.8) is 0 Å². The fourth-order valence-corrected chi connectivity index (χ4v) is 2.11. The number of rotatable bonds is 7. The highest BCUT2D eigenvalue weighted by Crippen LogP contribution is 2.23. The first-order chi connectivity index (χ1) is 9.41. The highest BCUT2D eigenvalue weighted by atomic mass is 16.5. The molecule has 1 amide bonds. The van der Waals surface area contributed by atoms with Crippen LogP contribution in [0.2, 0.25) is 0 Å². The average molecular weight is 279 g/mol. The predicted octanol–water partition coefficient (Wildman–Crippen LogP) is 3.48. The molecule has 4 nitrogen and oxygen atoms in total. The lowest BCUT2D eigenvalue weighted by Gasteiger charge is -2.28. The van der Waals surface area contributed by atoms with E-state index >= 15 is 0 Å². The molecule has 0 heterocycles. The summed E-state index contributed by atoms with van der Waals surface area (Å²) in [5.74, 6) is 1.05. The minimum atomic E-state index is -0.813. The minimum Gasteiger partial charge on any atom is -0.494 e. The first-order valence-corrected chi connectivity index (χ1v) is 7.00. The van der Waals surface area contributed by atoms with Crippen molar-refractivity contribution < 1.29 is 14.3 Å². The van der Waals surface area contributed by atoms with E-state index in [-0.39, 0.29) is 5.91 Å². The van der Waals surface area contributed by atoms with Crippen LogP contribution < -0.4 is 10.1 Å². The zero-order chi connectivity index (χ0) is 15.2. The molecule has 0 saturated carbocycles. The van der Waals surface area contributed by atoms with E-state index in [1.807, 2.05) is 38.1 Å². The normalized spacial score (nSPS) is 13.9. The van der Waals surface area contributed by atoms with E-state index in [1.165, 1.54) is 0 Å². The lowest BCUT2D eigenvalue weighted by molar-refractivity contribution is -0.137. The average Bonchev–Trinajstić information content (AvgIpc) is 2.40. The predicted molar refractivity (Wildman–Crippen MR) is 81.1 cm³/mol. The number of methoxy groups -OCH3 is 1. The molecule has 4 heteroatoms. The molecule has 1 atom stereocenters. The number of anilines is 1. The zero-order valence-electron chi connectivity index (χ0n) is 13.0. The third kappa shape index (κ3) is 4.53. The summed E-state index contributed by atoms with van der Waals surface area (Å²) in [7, 11) is 1.57. The highest BCUT2D eigenvalue weighted by molar-refractivity contribution is 5.97. The number of carbonyl (C=O) groups is 1. The fraction of sp³-hybridized carbons (Fsp3) is 0.562. The van der Waals surface area contributed by atoms with Gasteiger partial charge in [0.2, 0.25) is 0 Å². The second-order valence-electron chi connectivity index (χ2n) is 5.44. The van der Waals surface area contributed by atoms with Gasteiger partial charge in [0.05, 0.1) is 6.61 Å². The monoisotopic (exact) mass is 279 g/mol. The van der Waals surface area contributed by atoms with E-state index in [2.05, 4.69) is 19.2 Å². The Balaban J connectivity index is 2.73. The molecule has 0 bridgehead atoms. The van der Waals surface area contributed by atoms with Gasteiger partial charge < -0.3 is 14.8 Å². The van der Waals surface area contributed by atoms with Gasteiger partial charge in [0, 0.05) is 12.8 Å². The third-order valence-electron chi connectivity index (χ3n) is 3.15. The Hall–Kier alpha value is -1.55. The first kappa shape index (κ1) is 16.5. The van der Waals surface area contributed by atoms with Gasteiger partial charge in [-0.3, -0.25) is 4.79 Å². The third-order valence-corrected chi connectivity index (χ3v) is 3.15. The standard InChI is InChI=1S/C16H25NO3/c1-6-20-14-9-7-13(8-10-14)17-15(18)16(4,19-5)11-12(2)3/h7-10,12H,6,11H2,1-5H3,(H,17,18). The van der Waals surface area contributed by atoms with Gasteiger partial charge in [0.15, 0.2) is 0 Å². The molecule has 112 valence electrons. The van der Waals surface area contributed by atoms with Crippen molar-refractivity contribution in [3.05, 3.63) is 24.3 Å². The summed E-state index contributed by atoms with van der Waals surface area (Å²) >= 11 is 0. The van der Waals surface area contributed by atoms with Crippen LogP contribution in [0.3, 0.4) is 0 Å². The molecule has 0 spiro atoms. The first-order valence-electron chi connectivity index (χ1n) is 7.00. The molecular formula is C16H25NO3. The fourth-order valence-electron chi connectivity index (χ4n) is 2.11. The molecule has 1 N–H and O–H groups in total.